The van der Waals surface area contributed by atoms with Crippen molar-refractivity contribution in [2.24, 2.45) is 0 Å². The lowest BCUT2D eigenvalue weighted by Crippen LogP contribution is -2.51. The van der Waals surface area contributed by atoms with E-state index < -0.39 is 5.54 Å². The number of nitrogens with zero attached hydrogens (tertiary/aromatic N) is 2. The fourth-order valence-electron chi connectivity index (χ4n) is 5.96. The molecule has 0 bridgehead atoms. The van der Waals surface area contributed by atoms with Crippen molar-refractivity contribution in [1.82, 2.24) is 9.47 Å². The number of aryl methyl sites for hydroxylation is 1. The van der Waals surface area contributed by atoms with E-state index in [-0.39, 0.29) is 23.1 Å². The minimum Gasteiger partial charge on any atom is -0.496 e. The molecule has 0 fully saturated rings. The van der Waals surface area contributed by atoms with Crippen molar-refractivity contribution in [2.75, 3.05) is 13.7 Å². The summed E-state index contributed by atoms with van der Waals surface area (Å²) in [5.74, 6) is 0.641. The van der Waals surface area contributed by atoms with Crippen molar-refractivity contribution in [3.8, 4) is 5.75 Å². The predicted molar refractivity (Wildman–Crippen MR) is 131 cm³/mol. The molecule has 1 aromatic heterocycles. The zero-order valence-electron chi connectivity index (χ0n) is 20.0. The SMILES string of the molecule is CCCC1CCc2c(OC)ccc3cc(C(=O)N4CCc5ccccc5C4(C)C)c(=O)n1c23. The number of hydrogen-bond acceptors (Lipinski definition) is 3. The van der Waals surface area contributed by atoms with Gasteiger partial charge in [0.1, 0.15) is 11.3 Å². The highest BCUT2D eigenvalue weighted by atomic mass is 16.5. The van der Waals surface area contributed by atoms with E-state index in [1.807, 2.05) is 39.8 Å². The summed E-state index contributed by atoms with van der Waals surface area (Å²) >= 11 is 0. The normalized spacial score (nSPS) is 18.8. The first kappa shape index (κ1) is 21.7. The molecular weight excluding hydrogens is 412 g/mol. The highest BCUT2D eigenvalue weighted by molar-refractivity contribution is 5.99. The predicted octanol–water partition coefficient (Wildman–Crippen LogP) is 5.23. The Morgan fingerprint density at radius 2 is 1.94 bits per heavy atom. The Morgan fingerprint density at radius 1 is 1.15 bits per heavy atom. The summed E-state index contributed by atoms with van der Waals surface area (Å²) in [5.41, 5.74) is 4.06. The third kappa shape index (κ3) is 3.28. The van der Waals surface area contributed by atoms with E-state index in [9.17, 15) is 9.59 Å². The number of hydrogen-bond donors (Lipinski definition) is 0. The van der Waals surface area contributed by atoms with E-state index in [2.05, 4.69) is 32.9 Å². The lowest BCUT2D eigenvalue weighted by Gasteiger charge is -2.44. The van der Waals surface area contributed by atoms with Gasteiger partial charge in [0.05, 0.1) is 18.2 Å². The van der Waals surface area contributed by atoms with E-state index in [1.54, 1.807) is 7.11 Å². The van der Waals surface area contributed by atoms with Crippen molar-refractivity contribution in [1.29, 1.82) is 0 Å². The van der Waals surface area contributed by atoms with Crippen LogP contribution in [0.5, 0.6) is 5.75 Å². The monoisotopic (exact) mass is 444 g/mol. The van der Waals surface area contributed by atoms with Gasteiger partial charge in [-0.25, -0.2) is 0 Å². The molecule has 5 heteroatoms. The van der Waals surface area contributed by atoms with Gasteiger partial charge in [0.25, 0.3) is 11.5 Å². The molecule has 2 aliphatic rings. The average molecular weight is 445 g/mol. The van der Waals surface area contributed by atoms with E-state index in [1.165, 1.54) is 5.56 Å². The fourth-order valence-corrected chi connectivity index (χ4v) is 5.96. The second kappa shape index (κ2) is 8.05. The quantitative estimate of drug-likeness (QED) is 0.554. The lowest BCUT2D eigenvalue weighted by molar-refractivity contribution is 0.0511. The van der Waals surface area contributed by atoms with Gasteiger partial charge in [-0.2, -0.15) is 0 Å². The van der Waals surface area contributed by atoms with Crippen molar-refractivity contribution in [3.63, 3.8) is 0 Å². The van der Waals surface area contributed by atoms with Gasteiger partial charge in [-0.05, 0) is 74.2 Å². The number of amides is 1. The molecule has 5 nitrogen and oxygen atoms in total. The van der Waals surface area contributed by atoms with Crippen LogP contribution in [-0.2, 0) is 18.4 Å². The molecule has 2 aliphatic heterocycles. The Labute approximate surface area is 195 Å². The number of pyridine rings is 1. The number of carbonyl (C=O) groups is 1. The van der Waals surface area contributed by atoms with Crippen LogP contribution in [0.1, 0.15) is 73.1 Å². The molecule has 0 saturated heterocycles. The Kier molecular flexibility index (Phi) is 5.31. The van der Waals surface area contributed by atoms with Crippen LogP contribution in [0.4, 0.5) is 0 Å². The molecule has 1 unspecified atom stereocenters. The number of ether oxygens (including phenoxy) is 1. The van der Waals surface area contributed by atoms with Gasteiger partial charge in [-0.15, -0.1) is 0 Å². The first-order valence-corrected chi connectivity index (χ1v) is 12.0. The molecule has 0 spiro atoms. The molecule has 0 N–H and O–H groups in total. The zero-order valence-corrected chi connectivity index (χ0v) is 20.0. The van der Waals surface area contributed by atoms with Crippen LogP contribution < -0.4 is 10.3 Å². The van der Waals surface area contributed by atoms with Crippen molar-refractivity contribution in [3.05, 3.63) is 75.1 Å². The van der Waals surface area contributed by atoms with Gasteiger partial charge in [-0.1, -0.05) is 37.6 Å². The summed E-state index contributed by atoms with van der Waals surface area (Å²) in [7, 11) is 1.67. The van der Waals surface area contributed by atoms with Crippen LogP contribution in [0, 0.1) is 0 Å². The molecule has 33 heavy (non-hydrogen) atoms. The highest BCUT2D eigenvalue weighted by Gasteiger charge is 2.39. The largest absolute Gasteiger partial charge is 0.496 e. The number of benzene rings is 2. The standard InChI is InChI=1S/C28H32N2O3/c1-5-8-20-12-13-21-24(33-4)14-11-19-17-22(27(32)30(20)25(19)21)26(31)29-16-15-18-9-6-7-10-23(18)28(29,2)3/h6-7,9-11,14,17,20H,5,8,12-13,15-16H2,1-4H3. The van der Waals surface area contributed by atoms with Crippen molar-refractivity contribution in [2.45, 2.75) is 64.5 Å². The zero-order chi connectivity index (χ0) is 23.3. The molecule has 3 heterocycles. The minimum atomic E-state index is -0.483. The number of carbonyl (C=O) groups excluding carboxylic acids is 1. The third-order valence-corrected chi connectivity index (χ3v) is 7.63. The first-order chi connectivity index (χ1) is 15.9. The molecule has 0 saturated carbocycles. The maximum absolute atomic E-state index is 13.9. The van der Waals surface area contributed by atoms with E-state index in [0.29, 0.717) is 6.54 Å². The Balaban J connectivity index is 1.68. The van der Waals surface area contributed by atoms with Gasteiger partial charge in [0.2, 0.25) is 0 Å². The topological polar surface area (TPSA) is 51.5 Å². The molecule has 0 radical (unpaired) electrons. The number of fused-ring (bicyclic) bond motifs is 1. The van der Waals surface area contributed by atoms with E-state index in [0.717, 1.165) is 59.9 Å². The van der Waals surface area contributed by atoms with Crippen LogP contribution in [-0.4, -0.2) is 29.0 Å². The molecule has 3 aromatic rings. The smallest absolute Gasteiger partial charge is 0.264 e. The summed E-state index contributed by atoms with van der Waals surface area (Å²) in [6, 6.07) is 14.2. The second-order valence-corrected chi connectivity index (χ2v) is 9.82. The molecule has 1 amide bonds. The fraction of sp³-hybridized carbons (Fsp3) is 0.429. The molecule has 0 aliphatic carbocycles. The molecule has 1 atom stereocenters. The molecule has 2 aromatic carbocycles. The second-order valence-electron chi connectivity index (χ2n) is 9.82. The van der Waals surface area contributed by atoms with Crippen LogP contribution in [0.25, 0.3) is 10.9 Å². The van der Waals surface area contributed by atoms with Crippen LogP contribution in [0.2, 0.25) is 0 Å². The third-order valence-electron chi connectivity index (χ3n) is 7.63. The molecular formula is C28H32N2O3. The maximum atomic E-state index is 13.9. The van der Waals surface area contributed by atoms with Crippen molar-refractivity contribution < 1.29 is 9.53 Å². The van der Waals surface area contributed by atoms with Gasteiger partial charge in [0, 0.05) is 18.2 Å². The Hall–Kier alpha value is -3.08. The molecule has 172 valence electrons. The number of aromatic nitrogens is 1. The summed E-state index contributed by atoms with van der Waals surface area (Å²) in [6.45, 7) is 6.90. The van der Waals surface area contributed by atoms with Crippen molar-refractivity contribution >= 4 is 16.8 Å². The van der Waals surface area contributed by atoms with E-state index in [4.69, 9.17) is 4.74 Å². The summed E-state index contributed by atoms with van der Waals surface area (Å²) in [4.78, 5) is 29.7. The van der Waals surface area contributed by atoms with Crippen LogP contribution >= 0.6 is 0 Å². The van der Waals surface area contributed by atoms with Crippen LogP contribution in [0.15, 0.2) is 47.3 Å². The summed E-state index contributed by atoms with van der Waals surface area (Å²) in [5, 5.41) is 0.935. The van der Waals surface area contributed by atoms with E-state index >= 15 is 0 Å². The van der Waals surface area contributed by atoms with Gasteiger partial charge in [-0.3, -0.25) is 9.59 Å². The van der Waals surface area contributed by atoms with Gasteiger partial charge < -0.3 is 14.2 Å². The minimum absolute atomic E-state index is 0.104. The lowest BCUT2D eigenvalue weighted by atomic mass is 9.83. The highest BCUT2D eigenvalue weighted by Crippen LogP contribution is 2.39. The first-order valence-electron chi connectivity index (χ1n) is 12.0. The van der Waals surface area contributed by atoms with Gasteiger partial charge in [0.15, 0.2) is 0 Å². The van der Waals surface area contributed by atoms with Gasteiger partial charge >= 0.3 is 0 Å². The molecule has 5 rings (SSSR count). The van der Waals surface area contributed by atoms with Crippen LogP contribution in [0.3, 0.4) is 0 Å². The maximum Gasteiger partial charge on any atom is 0.264 e. The number of rotatable bonds is 4. The summed E-state index contributed by atoms with van der Waals surface area (Å²) in [6.07, 6.45) is 4.48. The average Bonchev–Trinajstić information content (AvgIpc) is 2.81. The Bertz CT molecular complexity index is 1300. The summed E-state index contributed by atoms with van der Waals surface area (Å²) < 4.78 is 7.51. The Morgan fingerprint density at radius 3 is 2.70 bits per heavy atom. The number of methoxy groups -OCH3 is 1.